The highest BCUT2D eigenvalue weighted by atomic mass is 32.1. The average Bonchev–Trinajstić information content (AvgIpc) is 3.16. The number of nitrogens with zero attached hydrogens (tertiary/aromatic N) is 3. The molecule has 0 saturated carbocycles. The minimum atomic E-state index is 0.0416. The SMILES string of the molecule is CCN(CC)C(=O)c1csc2nc(-c3ccc(OC)cc3)cn12. The van der Waals surface area contributed by atoms with Crippen molar-refractivity contribution in [1.82, 2.24) is 14.3 Å². The summed E-state index contributed by atoms with van der Waals surface area (Å²) in [6.45, 7) is 5.38. The van der Waals surface area contributed by atoms with E-state index in [4.69, 9.17) is 4.74 Å². The Kier molecular flexibility index (Phi) is 4.34. The van der Waals surface area contributed by atoms with E-state index < -0.39 is 0 Å². The Labute approximate surface area is 139 Å². The number of benzene rings is 1. The number of fused-ring (bicyclic) bond motifs is 1. The smallest absolute Gasteiger partial charge is 0.271 e. The van der Waals surface area contributed by atoms with Gasteiger partial charge in [-0.2, -0.15) is 0 Å². The molecule has 0 spiro atoms. The number of hydrogen-bond donors (Lipinski definition) is 0. The van der Waals surface area contributed by atoms with Crippen LogP contribution in [0.3, 0.4) is 0 Å². The summed E-state index contributed by atoms with van der Waals surface area (Å²) in [6.07, 6.45) is 1.92. The molecule has 23 heavy (non-hydrogen) atoms. The van der Waals surface area contributed by atoms with Gasteiger partial charge in [-0.15, -0.1) is 11.3 Å². The number of carbonyl (C=O) groups is 1. The Bertz CT molecular complexity index is 816. The zero-order chi connectivity index (χ0) is 16.4. The molecule has 0 saturated heterocycles. The fraction of sp³-hybridized carbons (Fsp3) is 0.294. The number of ether oxygens (including phenoxy) is 1. The molecule has 0 atom stereocenters. The van der Waals surface area contributed by atoms with E-state index in [-0.39, 0.29) is 5.91 Å². The number of carbonyl (C=O) groups excluding carboxylic acids is 1. The molecule has 1 amide bonds. The molecule has 0 bridgehead atoms. The number of hydrogen-bond acceptors (Lipinski definition) is 4. The van der Waals surface area contributed by atoms with Gasteiger partial charge < -0.3 is 9.64 Å². The van der Waals surface area contributed by atoms with Crippen LogP contribution >= 0.6 is 11.3 Å². The van der Waals surface area contributed by atoms with E-state index in [2.05, 4.69) is 4.98 Å². The summed E-state index contributed by atoms with van der Waals surface area (Å²) in [4.78, 5) is 19.8. The summed E-state index contributed by atoms with van der Waals surface area (Å²) in [6, 6.07) is 7.75. The molecule has 0 aliphatic heterocycles. The van der Waals surface area contributed by atoms with E-state index >= 15 is 0 Å². The average molecular weight is 329 g/mol. The first-order valence-corrected chi connectivity index (χ1v) is 8.46. The lowest BCUT2D eigenvalue weighted by atomic mass is 10.2. The van der Waals surface area contributed by atoms with Crippen LogP contribution in [0, 0.1) is 0 Å². The van der Waals surface area contributed by atoms with Crippen LogP contribution in [0.4, 0.5) is 0 Å². The van der Waals surface area contributed by atoms with Crippen LogP contribution < -0.4 is 4.74 Å². The van der Waals surface area contributed by atoms with Crippen LogP contribution in [0.25, 0.3) is 16.2 Å². The van der Waals surface area contributed by atoms with Gasteiger partial charge in [-0.3, -0.25) is 9.20 Å². The first kappa shape index (κ1) is 15.6. The molecule has 3 aromatic rings. The van der Waals surface area contributed by atoms with Crippen molar-refractivity contribution in [3.05, 3.63) is 41.5 Å². The van der Waals surface area contributed by atoms with Gasteiger partial charge in [-0.1, -0.05) is 0 Å². The van der Waals surface area contributed by atoms with Gasteiger partial charge in [0.15, 0.2) is 4.96 Å². The topological polar surface area (TPSA) is 46.8 Å². The largest absolute Gasteiger partial charge is 0.497 e. The number of methoxy groups -OCH3 is 1. The maximum atomic E-state index is 12.6. The third-order valence-corrected chi connectivity index (χ3v) is 4.70. The first-order valence-electron chi connectivity index (χ1n) is 7.58. The van der Waals surface area contributed by atoms with Gasteiger partial charge in [0.05, 0.1) is 12.8 Å². The van der Waals surface area contributed by atoms with Crippen molar-refractivity contribution in [3.8, 4) is 17.0 Å². The van der Waals surface area contributed by atoms with Crippen molar-refractivity contribution >= 4 is 22.2 Å². The molecule has 0 fully saturated rings. The van der Waals surface area contributed by atoms with Crippen LogP contribution in [0.15, 0.2) is 35.8 Å². The molecule has 0 N–H and O–H groups in total. The first-order chi connectivity index (χ1) is 11.2. The molecular formula is C17H19N3O2S. The maximum Gasteiger partial charge on any atom is 0.271 e. The van der Waals surface area contributed by atoms with E-state index in [1.54, 1.807) is 7.11 Å². The summed E-state index contributed by atoms with van der Waals surface area (Å²) in [5.41, 5.74) is 2.52. The molecule has 5 nitrogen and oxygen atoms in total. The minimum absolute atomic E-state index is 0.0416. The van der Waals surface area contributed by atoms with Crippen LogP contribution in [-0.2, 0) is 0 Å². The molecule has 2 aromatic heterocycles. The van der Waals surface area contributed by atoms with E-state index in [0.717, 1.165) is 22.0 Å². The number of thiazole rings is 1. The molecule has 3 rings (SSSR count). The van der Waals surface area contributed by atoms with Gasteiger partial charge >= 0.3 is 0 Å². The highest BCUT2D eigenvalue weighted by molar-refractivity contribution is 7.15. The monoisotopic (exact) mass is 329 g/mol. The van der Waals surface area contributed by atoms with E-state index in [0.29, 0.717) is 18.8 Å². The zero-order valence-corrected chi connectivity index (χ0v) is 14.3. The van der Waals surface area contributed by atoms with Gasteiger partial charge in [-0.25, -0.2) is 4.98 Å². The van der Waals surface area contributed by atoms with E-state index in [1.807, 2.05) is 59.0 Å². The quantitative estimate of drug-likeness (QED) is 0.719. The lowest BCUT2D eigenvalue weighted by molar-refractivity contribution is 0.0766. The Morgan fingerprint density at radius 3 is 2.57 bits per heavy atom. The summed E-state index contributed by atoms with van der Waals surface area (Å²) in [5.74, 6) is 0.854. The van der Waals surface area contributed by atoms with Gasteiger partial charge in [0.2, 0.25) is 0 Å². The lowest BCUT2D eigenvalue weighted by Gasteiger charge is -2.17. The predicted molar refractivity (Wildman–Crippen MR) is 92.3 cm³/mol. The van der Waals surface area contributed by atoms with Crippen molar-refractivity contribution in [2.45, 2.75) is 13.8 Å². The molecule has 6 heteroatoms. The fourth-order valence-electron chi connectivity index (χ4n) is 2.51. The standard InChI is InChI=1S/C17H19N3O2S/c1-4-19(5-2)16(21)15-11-23-17-18-14(10-20(15)17)12-6-8-13(22-3)9-7-12/h6-11H,4-5H2,1-3H3. The molecule has 120 valence electrons. The second-order valence-electron chi connectivity index (χ2n) is 5.11. The third-order valence-electron chi connectivity index (χ3n) is 3.86. The lowest BCUT2D eigenvalue weighted by Crippen LogP contribution is -2.31. The second-order valence-corrected chi connectivity index (χ2v) is 5.94. The van der Waals surface area contributed by atoms with Crippen molar-refractivity contribution in [2.24, 2.45) is 0 Å². The van der Waals surface area contributed by atoms with Crippen molar-refractivity contribution in [2.75, 3.05) is 20.2 Å². The molecular weight excluding hydrogens is 310 g/mol. The molecule has 0 unspecified atom stereocenters. The minimum Gasteiger partial charge on any atom is -0.497 e. The summed E-state index contributed by atoms with van der Waals surface area (Å²) in [5, 5.41) is 1.88. The zero-order valence-electron chi connectivity index (χ0n) is 13.4. The Balaban J connectivity index is 1.98. The fourth-order valence-corrected chi connectivity index (χ4v) is 3.36. The Morgan fingerprint density at radius 1 is 1.26 bits per heavy atom. The summed E-state index contributed by atoms with van der Waals surface area (Å²) in [7, 11) is 1.65. The molecule has 2 heterocycles. The number of amides is 1. The third kappa shape index (κ3) is 2.82. The van der Waals surface area contributed by atoms with Crippen LogP contribution in [0.2, 0.25) is 0 Å². The van der Waals surface area contributed by atoms with Gasteiger partial charge in [0.1, 0.15) is 11.4 Å². The van der Waals surface area contributed by atoms with Gasteiger partial charge in [0, 0.05) is 30.2 Å². The van der Waals surface area contributed by atoms with Crippen molar-refractivity contribution in [3.63, 3.8) is 0 Å². The number of imidazole rings is 1. The maximum absolute atomic E-state index is 12.6. The number of rotatable bonds is 5. The van der Waals surface area contributed by atoms with Crippen LogP contribution in [-0.4, -0.2) is 40.4 Å². The molecule has 1 aromatic carbocycles. The normalized spacial score (nSPS) is 10.9. The van der Waals surface area contributed by atoms with Crippen molar-refractivity contribution < 1.29 is 9.53 Å². The Morgan fingerprint density at radius 2 is 1.96 bits per heavy atom. The summed E-state index contributed by atoms with van der Waals surface area (Å²) >= 11 is 1.48. The van der Waals surface area contributed by atoms with Gasteiger partial charge in [0.25, 0.3) is 5.91 Å². The van der Waals surface area contributed by atoms with Gasteiger partial charge in [-0.05, 0) is 38.1 Å². The second kappa shape index (κ2) is 6.42. The van der Waals surface area contributed by atoms with Crippen LogP contribution in [0.1, 0.15) is 24.3 Å². The molecule has 0 aliphatic carbocycles. The predicted octanol–water partition coefficient (Wildman–Crippen LogP) is 3.55. The molecule has 0 aliphatic rings. The summed E-state index contributed by atoms with van der Waals surface area (Å²) < 4.78 is 7.06. The van der Waals surface area contributed by atoms with Crippen LogP contribution in [0.5, 0.6) is 5.75 Å². The Hall–Kier alpha value is -2.34. The van der Waals surface area contributed by atoms with E-state index in [1.165, 1.54) is 11.3 Å². The number of aromatic nitrogens is 2. The van der Waals surface area contributed by atoms with Crippen molar-refractivity contribution in [1.29, 1.82) is 0 Å². The highest BCUT2D eigenvalue weighted by Crippen LogP contribution is 2.25. The van der Waals surface area contributed by atoms with E-state index in [9.17, 15) is 4.79 Å². The highest BCUT2D eigenvalue weighted by Gasteiger charge is 2.18. The molecule has 0 radical (unpaired) electrons.